The molecule has 0 saturated carbocycles. The monoisotopic (exact) mass is 927 g/mol. The Morgan fingerprint density at radius 2 is 0.571 bits per heavy atom. The van der Waals surface area contributed by atoms with Gasteiger partial charge in [0.1, 0.15) is 19.8 Å². The third kappa shape index (κ3) is 309. The first-order valence-electron chi connectivity index (χ1n) is 12.7. The molecule has 279 valence electrons. The number of allylic oxidation sites excluding steroid dienone is 5. The number of ether oxygens (including phenoxy) is 3. The summed E-state index contributed by atoms with van der Waals surface area (Å²) < 4.78 is 13.3. The van der Waals surface area contributed by atoms with Gasteiger partial charge in [-0.1, -0.05) is 60.8 Å². The summed E-state index contributed by atoms with van der Waals surface area (Å²) in [4.78, 5) is 56.5. The predicted octanol–water partition coefficient (Wildman–Crippen LogP) is 3.64. The van der Waals surface area contributed by atoms with Crippen molar-refractivity contribution >= 4 is 35.8 Å². The molecular formula is C32H52O14Y3-6. The van der Waals surface area contributed by atoms with Gasteiger partial charge in [0.15, 0.2) is 35.8 Å². The first-order valence-corrected chi connectivity index (χ1v) is 12.7. The van der Waals surface area contributed by atoms with E-state index in [1.54, 1.807) is 42.5 Å². The zero-order valence-electron chi connectivity index (χ0n) is 29.2. The van der Waals surface area contributed by atoms with Gasteiger partial charge in [0.2, 0.25) is 0 Å². The van der Waals surface area contributed by atoms with E-state index in [0.717, 1.165) is 0 Å². The van der Waals surface area contributed by atoms with Crippen LogP contribution in [0.3, 0.4) is 0 Å². The van der Waals surface area contributed by atoms with Gasteiger partial charge in [-0.2, -0.15) is 0 Å². The summed E-state index contributed by atoms with van der Waals surface area (Å²) >= 11 is 0. The van der Waals surface area contributed by atoms with Crippen LogP contribution in [-0.2, 0) is 141 Å². The van der Waals surface area contributed by atoms with Crippen molar-refractivity contribution in [3.8, 4) is 0 Å². The second-order valence-corrected chi connectivity index (χ2v) is 6.44. The summed E-state index contributed by atoms with van der Waals surface area (Å²) in [5.74, 6) is -4.70. The average molecular weight is 927 g/mol. The molecule has 0 heterocycles. The van der Waals surface area contributed by atoms with E-state index in [2.05, 4.69) is 55.8 Å². The summed E-state index contributed by atoms with van der Waals surface area (Å²) in [6.45, 7) is 27.4. The number of carboxylic acid groups (broad SMARTS) is 3. The van der Waals surface area contributed by atoms with Crippen LogP contribution >= 0.6 is 0 Å². The Labute approximate surface area is 368 Å². The van der Waals surface area contributed by atoms with Crippen molar-refractivity contribution < 1.29 is 167 Å². The quantitative estimate of drug-likeness (QED) is 0.101. The second kappa shape index (κ2) is 80.6. The zero-order valence-corrected chi connectivity index (χ0v) is 37.7. The van der Waals surface area contributed by atoms with Gasteiger partial charge >= 0.3 is 0 Å². The molecule has 0 aliphatic heterocycles. The van der Waals surface area contributed by atoms with Crippen LogP contribution < -0.4 is 0 Å². The Hall–Kier alpha value is -2.03. The Kier molecular flexibility index (Phi) is 126. The maximum atomic E-state index is 9.95. The summed E-state index contributed by atoms with van der Waals surface area (Å²) in [5, 5.41) is 37.9. The third-order valence-corrected chi connectivity index (χ3v) is 2.41. The molecule has 49 heavy (non-hydrogen) atoms. The minimum atomic E-state index is -1.08. The van der Waals surface area contributed by atoms with Gasteiger partial charge in [0.25, 0.3) is 0 Å². The molecule has 0 aliphatic rings. The number of carbonyl (C=O) groups is 6. The summed E-state index contributed by atoms with van der Waals surface area (Å²) in [5.41, 5.74) is 0. The number of carboxylic acids is 3. The van der Waals surface area contributed by atoms with Crippen LogP contribution in [0.5, 0.6) is 0 Å². The van der Waals surface area contributed by atoms with E-state index in [1.165, 1.54) is 0 Å². The van der Waals surface area contributed by atoms with Gasteiger partial charge in [-0.3, -0.25) is 70.3 Å². The largest absolute Gasteiger partial charge is 0.503 e. The number of aliphatic carboxylic acids is 3. The second-order valence-electron chi connectivity index (χ2n) is 6.44. The van der Waals surface area contributed by atoms with Crippen LogP contribution in [0.15, 0.2) is 60.8 Å². The molecular weight excluding hydrogens is 875 g/mol. The Balaban J connectivity index is -0.0000000377. The first kappa shape index (κ1) is 76.7. The number of aliphatic hydroxyl groups is 2. The molecule has 3 radical (unpaired) electrons. The van der Waals surface area contributed by atoms with Crippen molar-refractivity contribution in [1.82, 2.24) is 0 Å². The molecule has 0 atom stereocenters. The fraction of sp³-hybridized carbons (Fsp3) is 0.312. The summed E-state index contributed by atoms with van der Waals surface area (Å²) in [6, 6.07) is 0. The average Bonchev–Trinajstić information content (AvgIpc) is 2.90. The van der Waals surface area contributed by atoms with Gasteiger partial charge in [0, 0.05) is 98.1 Å². The fourth-order valence-electron chi connectivity index (χ4n) is 0.923. The van der Waals surface area contributed by atoms with Crippen LogP contribution in [0.4, 0.5) is 0 Å². The number of rotatable bonds is 8. The van der Waals surface area contributed by atoms with Crippen molar-refractivity contribution in [2.45, 2.75) is 34.6 Å². The molecule has 5 N–H and O–H groups in total. The fourth-order valence-corrected chi connectivity index (χ4v) is 0.923. The van der Waals surface area contributed by atoms with E-state index in [0.29, 0.717) is 19.8 Å². The van der Waals surface area contributed by atoms with Crippen LogP contribution in [0.25, 0.3) is 0 Å². The molecule has 0 amide bonds. The Bertz CT molecular complexity index is 742. The number of hydrogen-bond donors (Lipinski definition) is 5. The van der Waals surface area contributed by atoms with Crippen LogP contribution in [0, 0.1) is 41.5 Å². The molecule has 0 unspecified atom stereocenters. The molecule has 0 aromatic heterocycles. The first-order chi connectivity index (χ1) is 21.3. The molecule has 17 heteroatoms. The van der Waals surface area contributed by atoms with Gasteiger partial charge in [-0.25, -0.2) is 0 Å². The zero-order chi connectivity index (χ0) is 38.2. The molecule has 0 rings (SSSR count). The predicted molar refractivity (Wildman–Crippen MR) is 176 cm³/mol. The van der Waals surface area contributed by atoms with E-state index in [1.807, 2.05) is 52.8 Å². The maximum absolute atomic E-state index is 9.95. The SMILES string of the molecule is C/C=C\CO.C/C=C\CO.[CH2-]C(=O)O.[CH2-]C(=O)O.[CH2-]C(=O)O.[CH2-]C(=O)OC/C=C\C.[CH2-]C(=O)OC/C=C\C.[CH2-]C(=O)OC/C=C\C.[Y].[Y].[Y]. The Morgan fingerprint density at radius 3 is 0.633 bits per heavy atom. The molecule has 0 saturated heterocycles. The van der Waals surface area contributed by atoms with Crippen LogP contribution in [0.2, 0.25) is 0 Å². The Morgan fingerprint density at radius 1 is 0.429 bits per heavy atom. The van der Waals surface area contributed by atoms with Crippen molar-refractivity contribution in [1.29, 1.82) is 0 Å². The molecule has 0 aliphatic carbocycles. The molecule has 0 bridgehead atoms. The van der Waals surface area contributed by atoms with Gasteiger partial charge < -0.3 is 39.7 Å². The molecule has 0 aromatic carbocycles. The topological polar surface area (TPSA) is 231 Å². The van der Waals surface area contributed by atoms with E-state index < -0.39 is 35.8 Å². The van der Waals surface area contributed by atoms with Crippen molar-refractivity contribution in [2.24, 2.45) is 0 Å². The number of hydrogen-bond acceptors (Lipinski definition) is 11. The summed E-state index contributed by atoms with van der Waals surface area (Å²) in [6.07, 6.45) is 17.6. The van der Waals surface area contributed by atoms with Crippen LogP contribution in [-0.4, -0.2) is 94.4 Å². The minimum Gasteiger partial charge on any atom is -0.503 e. The number of esters is 3. The van der Waals surface area contributed by atoms with Crippen molar-refractivity contribution in [3.05, 3.63) is 102 Å². The van der Waals surface area contributed by atoms with Crippen LogP contribution in [0.1, 0.15) is 34.6 Å². The summed E-state index contributed by atoms with van der Waals surface area (Å²) in [7, 11) is 0. The molecule has 14 nitrogen and oxygen atoms in total. The van der Waals surface area contributed by atoms with Crippen molar-refractivity contribution in [2.75, 3.05) is 33.0 Å². The molecule has 0 spiro atoms. The van der Waals surface area contributed by atoms with E-state index in [4.69, 9.17) is 39.9 Å². The van der Waals surface area contributed by atoms with E-state index >= 15 is 0 Å². The van der Waals surface area contributed by atoms with E-state index in [9.17, 15) is 14.4 Å². The van der Waals surface area contributed by atoms with E-state index in [-0.39, 0.29) is 111 Å². The van der Waals surface area contributed by atoms with Gasteiger partial charge in [-0.05, 0) is 34.6 Å². The van der Waals surface area contributed by atoms with Gasteiger partial charge in [-0.15, -0.1) is 0 Å². The third-order valence-electron chi connectivity index (χ3n) is 2.41. The molecule has 0 aromatic rings. The molecule has 0 fully saturated rings. The minimum absolute atomic E-state index is 0. The number of carbonyl (C=O) groups excluding carboxylic acids is 3. The standard InChI is InChI=1S/3C6H9O2.2C4H8O.3C2H3O2.3Y/c3*1-3-4-5-8-6(2)7;2*1-2-3-4-5;3*1-2(3)4;;;/h3*3-4H,2,5H2,1H3;2*2-3,5H,4H2,1H3;3*1H2,(H,3,4);;;/q3*-1;;;3*-1;;;/b3*4-3-;2*3-2-;;;;;;. The van der Waals surface area contributed by atoms with Crippen molar-refractivity contribution in [3.63, 3.8) is 0 Å². The number of aliphatic hydroxyl groups excluding tert-OH is 2. The smallest absolute Gasteiger partial charge is 0.164 e. The normalized spacial score (nSPS) is 8.22. The maximum Gasteiger partial charge on any atom is 0.164 e. The van der Waals surface area contributed by atoms with Gasteiger partial charge in [0.05, 0.1) is 13.2 Å².